The molecule has 3 aliphatic heterocycles. The van der Waals surface area contributed by atoms with Crippen molar-refractivity contribution in [3.63, 3.8) is 0 Å². The summed E-state index contributed by atoms with van der Waals surface area (Å²) in [6, 6.07) is 5.30. The molecule has 1 atom stereocenters. The molecule has 1 aromatic carbocycles. The van der Waals surface area contributed by atoms with Crippen LogP contribution in [0.5, 0.6) is 0 Å². The van der Waals surface area contributed by atoms with Gasteiger partial charge in [-0.3, -0.25) is 19.7 Å². The average molecular weight is 368 g/mol. The first-order chi connectivity index (χ1) is 13.1. The molecular formula is C20H24N4O3. The Kier molecular flexibility index (Phi) is 5.05. The molecule has 3 heterocycles. The second kappa shape index (κ2) is 7.62. The molecule has 4 rings (SSSR count). The summed E-state index contributed by atoms with van der Waals surface area (Å²) in [5.41, 5.74) is 4.16. The van der Waals surface area contributed by atoms with Crippen LogP contribution in [-0.2, 0) is 22.7 Å². The zero-order chi connectivity index (χ0) is 18.8. The average Bonchev–Trinajstić information content (AvgIpc) is 2.99. The fourth-order valence-electron chi connectivity index (χ4n) is 3.94. The van der Waals surface area contributed by atoms with Crippen molar-refractivity contribution in [1.82, 2.24) is 20.9 Å². The molecule has 7 heteroatoms. The van der Waals surface area contributed by atoms with E-state index >= 15 is 0 Å². The molecule has 0 spiro atoms. The third-order valence-corrected chi connectivity index (χ3v) is 5.43. The number of fused-ring (bicyclic) bond motifs is 1. The molecule has 27 heavy (non-hydrogen) atoms. The minimum absolute atomic E-state index is 0.126. The third-order valence-electron chi connectivity index (χ3n) is 5.43. The number of hydrogen-bond acceptors (Lipinski definition) is 5. The molecule has 0 radical (unpaired) electrons. The smallest absolute Gasteiger partial charge is 0.255 e. The topological polar surface area (TPSA) is 90.5 Å². The second-order valence-corrected chi connectivity index (χ2v) is 7.31. The number of nitrogens with zero attached hydrogens (tertiary/aromatic N) is 1. The van der Waals surface area contributed by atoms with Gasteiger partial charge in [-0.05, 0) is 36.6 Å². The van der Waals surface area contributed by atoms with E-state index in [1.54, 1.807) is 4.90 Å². The van der Waals surface area contributed by atoms with Gasteiger partial charge in [0.2, 0.25) is 11.8 Å². The Labute approximate surface area is 158 Å². The van der Waals surface area contributed by atoms with Crippen molar-refractivity contribution >= 4 is 17.7 Å². The van der Waals surface area contributed by atoms with Gasteiger partial charge in [-0.2, -0.15) is 0 Å². The van der Waals surface area contributed by atoms with Gasteiger partial charge in [0, 0.05) is 38.2 Å². The standard InChI is InChI=1S/C20H24N4O3/c25-18-4-3-17(19(26)23-18)24-12-15-9-14(1-2-16(15)20(24)27)11-22-10-13-5-7-21-8-6-13/h1-2,5,9,17,21-22H,3-4,6-8,10-12H2,(H,23,25,26). The van der Waals surface area contributed by atoms with Crippen molar-refractivity contribution in [3.05, 3.63) is 46.5 Å². The zero-order valence-electron chi connectivity index (χ0n) is 15.2. The lowest BCUT2D eigenvalue weighted by Crippen LogP contribution is -2.52. The minimum Gasteiger partial charge on any atom is -0.322 e. The van der Waals surface area contributed by atoms with E-state index in [9.17, 15) is 14.4 Å². The Balaban J connectivity index is 1.39. The maximum absolute atomic E-state index is 12.7. The van der Waals surface area contributed by atoms with E-state index in [4.69, 9.17) is 0 Å². The van der Waals surface area contributed by atoms with Gasteiger partial charge < -0.3 is 15.5 Å². The van der Waals surface area contributed by atoms with E-state index < -0.39 is 6.04 Å². The first-order valence-electron chi connectivity index (χ1n) is 9.47. The van der Waals surface area contributed by atoms with Crippen molar-refractivity contribution in [2.45, 2.75) is 38.4 Å². The SMILES string of the molecule is O=C1CCC(N2Cc3cc(CNCC4=CCNCC4)ccc3C2=O)C(=O)N1. The van der Waals surface area contributed by atoms with Crippen LogP contribution >= 0.6 is 0 Å². The Hall–Kier alpha value is -2.51. The number of amides is 3. The van der Waals surface area contributed by atoms with Crippen molar-refractivity contribution in [1.29, 1.82) is 0 Å². The highest BCUT2D eigenvalue weighted by molar-refractivity contribution is 6.05. The molecule has 0 saturated carbocycles. The molecule has 1 aromatic rings. The quantitative estimate of drug-likeness (QED) is 0.519. The second-order valence-electron chi connectivity index (χ2n) is 7.31. The summed E-state index contributed by atoms with van der Waals surface area (Å²) in [5.74, 6) is -0.763. The van der Waals surface area contributed by atoms with E-state index in [0.717, 1.165) is 43.7 Å². The first-order valence-corrected chi connectivity index (χ1v) is 9.47. The molecule has 0 aromatic heterocycles. The van der Waals surface area contributed by atoms with Gasteiger partial charge in [-0.15, -0.1) is 0 Å². The molecule has 1 fully saturated rings. The van der Waals surface area contributed by atoms with Gasteiger partial charge in [0.05, 0.1) is 0 Å². The fourth-order valence-corrected chi connectivity index (χ4v) is 3.94. The largest absolute Gasteiger partial charge is 0.322 e. The normalized spacial score (nSPS) is 22.5. The third kappa shape index (κ3) is 3.79. The lowest BCUT2D eigenvalue weighted by Gasteiger charge is -2.29. The van der Waals surface area contributed by atoms with Gasteiger partial charge in [0.15, 0.2) is 0 Å². The number of nitrogens with one attached hydrogen (secondary N) is 3. The highest BCUT2D eigenvalue weighted by Crippen LogP contribution is 2.28. The Morgan fingerprint density at radius 2 is 2.04 bits per heavy atom. The van der Waals surface area contributed by atoms with Crippen LogP contribution in [-0.4, -0.2) is 48.3 Å². The molecule has 1 saturated heterocycles. The maximum Gasteiger partial charge on any atom is 0.255 e. The van der Waals surface area contributed by atoms with Crippen LogP contribution in [0.4, 0.5) is 0 Å². The molecule has 1 unspecified atom stereocenters. The van der Waals surface area contributed by atoms with Crippen molar-refractivity contribution < 1.29 is 14.4 Å². The van der Waals surface area contributed by atoms with Gasteiger partial charge >= 0.3 is 0 Å². The predicted molar refractivity (Wildman–Crippen MR) is 99.8 cm³/mol. The zero-order valence-corrected chi connectivity index (χ0v) is 15.2. The van der Waals surface area contributed by atoms with Crippen LogP contribution in [0.2, 0.25) is 0 Å². The number of piperidine rings is 1. The number of hydrogen-bond donors (Lipinski definition) is 3. The van der Waals surface area contributed by atoms with Crippen LogP contribution < -0.4 is 16.0 Å². The monoisotopic (exact) mass is 368 g/mol. The Morgan fingerprint density at radius 3 is 2.81 bits per heavy atom. The van der Waals surface area contributed by atoms with Gasteiger partial charge in [-0.25, -0.2) is 0 Å². The molecule has 0 aliphatic carbocycles. The van der Waals surface area contributed by atoms with Crippen LogP contribution in [0.1, 0.15) is 40.7 Å². The van der Waals surface area contributed by atoms with Crippen molar-refractivity contribution in [2.24, 2.45) is 0 Å². The summed E-state index contributed by atoms with van der Waals surface area (Å²) in [5, 5.41) is 9.10. The lowest BCUT2D eigenvalue weighted by atomic mass is 10.0. The summed E-state index contributed by atoms with van der Waals surface area (Å²) in [7, 11) is 0. The highest BCUT2D eigenvalue weighted by Gasteiger charge is 2.38. The molecule has 142 valence electrons. The number of benzene rings is 1. The van der Waals surface area contributed by atoms with E-state index in [0.29, 0.717) is 18.5 Å². The summed E-state index contributed by atoms with van der Waals surface area (Å²) in [6.45, 7) is 4.01. The van der Waals surface area contributed by atoms with E-state index in [1.807, 2.05) is 18.2 Å². The minimum atomic E-state index is -0.559. The highest BCUT2D eigenvalue weighted by atomic mass is 16.2. The molecule has 0 bridgehead atoms. The Morgan fingerprint density at radius 1 is 1.15 bits per heavy atom. The molecule has 7 nitrogen and oxygen atoms in total. The van der Waals surface area contributed by atoms with Crippen LogP contribution in [0.3, 0.4) is 0 Å². The summed E-state index contributed by atoms with van der Waals surface area (Å²) in [6.07, 6.45) is 3.97. The van der Waals surface area contributed by atoms with Gasteiger partial charge in [0.25, 0.3) is 5.91 Å². The summed E-state index contributed by atoms with van der Waals surface area (Å²) < 4.78 is 0. The van der Waals surface area contributed by atoms with Crippen molar-refractivity contribution in [3.8, 4) is 0 Å². The number of imide groups is 1. The van der Waals surface area contributed by atoms with Crippen molar-refractivity contribution in [2.75, 3.05) is 19.6 Å². The molecule has 3 amide bonds. The number of rotatable bonds is 5. The number of carbonyl (C=O) groups excluding carboxylic acids is 3. The molecular weight excluding hydrogens is 344 g/mol. The van der Waals surface area contributed by atoms with Crippen LogP contribution in [0, 0.1) is 0 Å². The van der Waals surface area contributed by atoms with E-state index in [-0.39, 0.29) is 24.1 Å². The lowest BCUT2D eigenvalue weighted by molar-refractivity contribution is -0.136. The maximum atomic E-state index is 12.7. The predicted octanol–water partition coefficient (Wildman–Crippen LogP) is 0.457. The number of carbonyl (C=O) groups is 3. The molecule has 3 N–H and O–H groups in total. The van der Waals surface area contributed by atoms with Gasteiger partial charge in [-0.1, -0.05) is 23.8 Å². The fraction of sp³-hybridized carbons (Fsp3) is 0.450. The summed E-state index contributed by atoms with van der Waals surface area (Å²) in [4.78, 5) is 37.7. The molecule has 3 aliphatic rings. The Bertz CT molecular complexity index is 817. The first kappa shape index (κ1) is 17.9. The van der Waals surface area contributed by atoms with Crippen LogP contribution in [0.15, 0.2) is 29.8 Å². The van der Waals surface area contributed by atoms with Crippen LogP contribution in [0.25, 0.3) is 0 Å². The van der Waals surface area contributed by atoms with E-state index in [1.165, 1.54) is 5.57 Å². The van der Waals surface area contributed by atoms with Gasteiger partial charge in [0.1, 0.15) is 6.04 Å². The summed E-state index contributed by atoms with van der Waals surface area (Å²) >= 11 is 0. The van der Waals surface area contributed by atoms with E-state index in [2.05, 4.69) is 22.0 Å².